The molecular weight excluding hydrogens is 448 g/mol. The van der Waals surface area contributed by atoms with E-state index in [0.29, 0.717) is 18.9 Å². The molecule has 0 spiro atoms. The lowest BCUT2D eigenvalue weighted by molar-refractivity contribution is -0.137. The lowest BCUT2D eigenvalue weighted by Crippen LogP contribution is -2.10. The quantitative estimate of drug-likeness (QED) is 0.267. The molecule has 3 rings (SSSR count). The molecule has 0 aliphatic rings. The van der Waals surface area contributed by atoms with Crippen LogP contribution in [0.2, 0.25) is 0 Å². The van der Waals surface area contributed by atoms with Gasteiger partial charge in [-0.15, -0.1) is 0 Å². The van der Waals surface area contributed by atoms with Crippen molar-refractivity contribution in [2.24, 2.45) is 0 Å². The molecule has 0 unspecified atom stereocenters. The molecule has 3 aromatic rings. The number of carbonyl (C=O) groups is 3. The van der Waals surface area contributed by atoms with Crippen molar-refractivity contribution in [2.75, 3.05) is 25.6 Å². The smallest absolute Gasteiger partial charge is 0.343 e. The van der Waals surface area contributed by atoms with E-state index in [1.807, 2.05) is 0 Å². The van der Waals surface area contributed by atoms with Gasteiger partial charge in [0, 0.05) is 18.3 Å². The summed E-state index contributed by atoms with van der Waals surface area (Å²) in [5.74, 6) is -0.966. The molecule has 0 aromatic carbocycles. The van der Waals surface area contributed by atoms with Crippen molar-refractivity contribution in [3.63, 3.8) is 0 Å². The highest BCUT2D eigenvalue weighted by Crippen LogP contribution is 2.07. The molecule has 0 amide bonds. The number of esters is 3. The first kappa shape index (κ1) is 27.6. The topological polar surface area (TPSA) is 184 Å². The van der Waals surface area contributed by atoms with Crippen LogP contribution in [-0.2, 0) is 19.0 Å². The summed E-state index contributed by atoms with van der Waals surface area (Å²) >= 11 is 0. The van der Waals surface area contributed by atoms with E-state index in [4.69, 9.17) is 10.5 Å². The van der Waals surface area contributed by atoms with E-state index < -0.39 is 11.9 Å². The SMILES string of the molecule is C/C=C/C(=O)OCC.CCOC(=O)c1cn[nH]c1N.CCOC(=O)c1cnn2ccc(=O)[nH]c12. The monoisotopic (exact) mass is 476 g/mol. The molecule has 184 valence electrons. The van der Waals surface area contributed by atoms with E-state index in [1.165, 1.54) is 35.2 Å². The fourth-order valence-electron chi connectivity index (χ4n) is 2.25. The number of nitrogens with one attached hydrogen (secondary N) is 2. The van der Waals surface area contributed by atoms with Gasteiger partial charge in [-0.05, 0) is 27.7 Å². The third-order valence-electron chi connectivity index (χ3n) is 3.65. The van der Waals surface area contributed by atoms with Crippen LogP contribution in [0.4, 0.5) is 5.82 Å². The van der Waals surface area contributed by atoms with Crippen LogP contribution >= 0.6 is 0 Å². The number of ether oxygens (including phenoxy) is 3. The van der Waals surface area contributed by atoms with Gasteiger partial charge in [-0.25, -0.2) is 18.9 Å². The van der Waals surface area contributed by atoms with E-state index in [1.54, 1.807) is 33.8 Å². The summed E-state index contributed by atoms with van der Waals surface area (Å²) < 4.78 is 15.5. The standard InChI is InChI=1S/C9H9N3O3.C6H9N3O2.C6H10O2/c1-2-15-9(14)6-5-10-12-4-3-7(13)11-8(6)12;1-2-11-6(10)4-3-8-9-5(4)7;1-3-5-6(7)8-4-2/h3-5H,2H2,1H3,(H,11,13);3H,2H2,1H3,(H3,7,8,9);3,5H,4H2,1-2H3/b;;5-3+. The van der Waals surface area contributed by atoms with Crippen LogP contribution in [0.1, 0.15) is 48.4 Å². The van der Waals surface area contributed by atoms with E-state index in [9.17, 15) is 19.2 Å². The maximum Gasteiger partial charge on any atom is 0.343 e. The molecule has 0 bridgehead atoms. The van der Waals surface area contributed by atoms with Gasteiger partial charge in [0.05, 0.1) is 32.2 Å². The number of aromatic amines is 2. The minimum atomic E-state index is -0.491. The summed E-state index contributed by atoms with van der Waals surface area (Å²) in [5.41, 5.74) is 5.96. The Hall–Kier alpha value is -4.42. The molecule has 0 radical (unpaired) electrons. The average molecular weight is 476 g/mol. The molecule has 4 N–H and O–H groups in total. The number of carbonyl (C=O) groups excluding carboxylic acids is 3. The highest BCUT2D eigenvalue weighted by atomic mass is 16.5. The second-order valence-electron chi connectivity index (χ2n) is 6.05. The van der Waals surface area contributed by atoms with E-state index in [2.05, 4.69) is 29.8 Å². The summed E-state index contributed by atoms with van der Waals surface area (Å²) in [4.78, 5) is 46.3. The van der Waals surface area contributed by atoms with E-state index in [-0.39, 0.29) is 35.1 Å². The second-order valence-corrected chi connectivity index (χ2v) is 6.05. The number of H-pyrrole nitrogens is 2. The number of nitrogen functional groups attached to an aromatic ring is 1. The third kappa shape index (κ3) is 8.61. The Balaban J connectivity index is 0.000000270. The molecule has 34 heavy (non-hydrogen) atoms. The van der Waals surface area contributed by atoms with Crippen molar-refractivity contribution >= 4 is 29.4 Å². The molecule has 13 heteroatoms. The molecule has 0 saturated heterocycles. The minimum absolute atomic E-state index is 0.239. The number of nitrogens with zero attached hydrogens (tertiary/aromatic N) is 3. The van der Waals surface area contributed by atoms with E-state index in [0.717, 1.165) is 0 Å². The Morgan fingerprint density at radius 2 is 1.65 bits per heavy atom. The number of aromatic nitrogens is 5. The first-order valence-corrected chi connectivity index (χ1v) is 10.3. The van der Waals surface area contributed by atoms with Crippen LogP contribution < -0.4 is 11.3 Å². The molecule has 0 atom stereocenters. The van der Waals surface area contributed by atoms with Crippen molar-refractivity contribution in [1.29, 1.82) is 0 Å². The van der Waals surface area contributed by atoms with Crippen molar-refractivity contribution in [2.45, 2.75) is 27.7 Å². The van der Waals surface area contributed by atoms with Crippen molar-refractivity contribution in [1.82, 2.24) is 24.8 Å². The van der Waals surface area contributed by atoms with Gasteiger partial charge in [-0.1, -0.05) is 6.08 Å². The van der Waals surface area contributed by atoms with Crippen LogP contribution in [0.5, 0.6) is 0 Å². The van der Waals surface area contributed by atoms with Gasteiger partial charge in [-0.2, -0.15) is 10.2 Å². The lowest BCUT2D eigenvalue weighted by Gasteiger charge is -1.98. The Labute approximate surface area is 194 Å². The Kier molecular flexibility index (Phi) is 11.9. The van der Waals surface area contributed by atoms with Gasteiger partial charge >= 0.3 is 17.9 Å². The summed E-state index contributed by atoms with van der Waals surface area (Å²) in [5, 5.41) is 9.92. The summed E-state index contributed by atoms with van der Waals surface area (Å²) in [6.07, 6.45) is 7.23. The number of rotatable bonds is 6. The van der Waals surface area contributed by atoms with Crippen molar-refractivity contribution in [3.05, 3.63) is 58.3 Å². The molecule has 13 nitrogen and oxygen atoms in total. The zero-order valence-electron chi connectivity index (χ0n) is 19.4. The largest absolute Gasteiger partial charge is 0.463 e. The molecule has 3 heterocycles. The number of fused-ring (bicyclic) bond motifs is 1. The van der Waals surface area contributed by atoms with Crippen LogP contribution in [0.3, 0.4) is 0 Å². The highest BCUT2D eigenvalue weighted by Gasteiger charge is 2.14. The van der Waals surface area contributed by atoms with Gasteiger partial charge in [-0.3, -0.25) is 9.89 Å². The maximum absolute atomic E-state index is 11.4. The minimum Gasteiger partial charge on any atom is -0.463 e. The molecular formula is C21H28N6O7. The first-order valence-electron chi connectivity index (χ1n) is 10.3. The predicted octanol–water partition coefficient (Wildman–Crippen LogP) is 1.49. The molecule has 0 aliphatic carbocycles. The predicted molar refractivity (Wildman–Crippen MR) is 122 cm³/mol. The van der Waals surface area contributed by atoms with Crippen molar-refractivity contribution < 1.29 is 28.6 Å². The van der Waals surface area contributed by atoms with Gasteiger partial charge in [0.25, 0.3) is 5.56 Å². The van der Waals surface area contributed by atoms with Gasteiger partial charge < -0.3 is 24.9 Å². The molecule has 0 fully saturated rings. The van der Waals surface area contributed by atoms with Crippen LogP contribution in [-0.4, -0.2) is 62.5 Å². The summed E-state index contributed by atoms with van der Waals surface area (Å²) in [6, 6.07) is 1.33. The fraction of sp³-hybridized carbons (Fsp3) is 0.333. The normalized spacial score (nSPS) is 10.0. The molecule has 0 saturated carbocycles. The average Bonchev–Trinajstić information content (AvgIpc) is 3.41. The Bertz CT molecular complexity index is 1160. The van der Waals surface area contributed by atoms with Crippen molar-refractivity contribution in [3.8, 4) is 0 Å². The number of allylic oxidation sites excluding steroid dienone is 1. The number of hydrogen-bond donors (Lipinski definition) is 3. The number of anilines is 1. The van der Waals surface area contributed by atoms with Gasteiger partial charge in [0.15, 0.2) is 5.65 Å². The third-order valence-corrected chi connectivity index (χ3v) is 3.65. The van der Waals surface area contributed by atoms with Crippen LogP contribution in [0.15, 0.2) is 41.6 Å². The number of hydrogen-bond acceptors (Lipinski definition) is 10. The molecule has 3 aromatic heterocycles. The zero-order valence-corrected chi connectivity index (χ0v) is 19.4. The summed E-state index contributed by atoms with van der Waals surface area (Å²) in [6.45, 7) is 8.07. The highest BCUT2D eigenvalue weighted by molar-refractivity contribution is 5.95. The lowest BCUT2D eigenvalue weighted by atomic mass is 10.3. The van der Waals surface area contributed by atoms with Gasteiger partial charge in [0.2, 0.25) is 0 Å². The Morgan fingerprint density at radius 1 is 1.03 bits per heavy atom. The van der Waals surface area contributed by atoms with E-state index >= 15 is 0 Å². The number of nitrogens with two attached hydrogens (primary N) is 1. The first-order chi connectivity index (χ1) is 16.3. The summed E-state index contributed by atoms with van der Waals surface area (Å²) in [7, 11) is 0. The van der Waals surface area contributed by atoms with Crippen LogP contribution in [0.25, 0.3) is 5.65 Å². The Morgan fingerprint density at radius 3 is 2.18 bits per heavy atom. The molecule has 0 aliphatic heterocycles. The maximum atomic E-state index is 11.4. The fourth-order valence-corrected chi connectivity index (χ4v) is 2.25. The van der Waals surface area contributed by atoms with Crippen LogP contribution in [0, 0.1) is 0 Å². The second kappa shape index (κ2) is 14.6. The van der Waals surface area contributed by atoms with Gasteiger partial charge in [0.1, 0.15) is 16.9 Å². The zero-order chi connectivity index (χ0) is 25.5.